The summed E-state index contributed by atoms with van der Waals surface area (Å²) >= 11 is 0. The molecule has 1 saturated carbocycles. The van der Waals surface area contributed by atoms with Crippen molar-refractivity contribution in [1.29, 1.82) is 0 Å². The van der Waals surface area contributed by atoms with E-state index in [0.29, 0.717) is 17.2 Å². The molecule has 76 valence electrons. The Labute approximate surface area is 81.5 Å². The minimum absolute atomic E-state index is 0.298. The van der Waals surface area contributed by atoms with Crippen molar-refractivity contribution in [2.45, 2.75) is 18.9 Å². The van der Waals surface area contributed by atoms with Crippen molar-refractivity contribution in [2.75, 3.05) is 5.73 Å². The zero-order valence-electron chi connectivity index (χ0n) is 7.70. The van der Waals surface area contributed by atoms with Crippen LogP contribution in [-0.4, -0.2) is 5.11 Å². The summed E-state index contributed by atoms with van der Waals surface area (Å²) in [5.74, 6) is -0.697. The number of nitrogens with two attached hydrogens (primary N) is 2. The zero-order chi connectivity index (χ0) is 10.3. The van der Waals surface area contributed by atoms with Crippen molar-refractivity contribution < 1.29 is 9.50 Å². The summed E-state index contributed by atoms with van der Waals surface area (Å²) in [5.41, 5.74) is 12.1. The van der Waals surface area contributed by atoms with Crippen molar-refractivity contribution in [1.82, 2.24) is 0 Å². The van der Waals surface area contributed by atoms with Crippen molar-refractivity contribution in [3.63, 3.8) is 0 Å². The summed E-state index contributed by atoms with van der Waals surface area (Å²) in [4.78, 5) is 0. The highest BCUT2D eigenvalue weighted by Gasteiger charge is 2.31. The lowest BCUT2D eigenvalue weighted by Crippen LogP contribution is -2.13. The Morgan fingerprint density at radius 3 is 2.64 bits per heavy atom. The van der Waals surface area contributed by atoms with Gasteiger partial charge in [-0.25, -0.2) is 4.39 Å². The van der Waals surface area contributed by atoms with Crippen LogP contribution in [0.3, 0.4) is 0 Å². The lowest BCUT2D eigenvalue weighted by atomic mass is 10.0. The van der Waals surface area contributed by atoms with Gasteiger partial charge in [-0.3, -0.25) is 0 Å². The van der Waals surface area contributed by atoms with Crippen LogP contribution >= 0.6 is 0 Å². The zero-order valence-corrected chi connectivity index (χ0v) is 7.70. The van der Waals surface area contributed by atoms with Gasteiger partial charge in [-0.2, -0.15) is 0 Å². The number of phenols is 1. The molecule has 0 aromatic heterocycles. The maximum atomic E-state index is 13.1. The predicted molar refractivity (Wildman–Crippen MR) is 52.1 cm³/mol. The standard InChI is InChI=1S/C10H13FN2O/c11-8-4-6(12)3-7(10(8)14)9(13)5-1-2-5/h3-5,9,14H,1-2,12-13H2/t9-/m1/s1. The third kappa shape index (κ3) is 1.53. The summed E-state index contributed by atoms with van der Waals surface area (Å²) in [6.07, 6.45) is 2.08. The average molecular weight is 196 g/mol. The van der Waals surface area contributed by atoms with Crippen molar-refractivity contribution in [3.05, 3.63) is 23.5 Å². The molecule has 0 heterocycles. The van der Waals surface area contributed by atoms with E-state index in [1.54, 1.807) is 6.07 Å². The largest absolute Gasteiger partial charge is 0.505 e. The normalized spacial score (nSPS) is 18.1. The molecule has 3 nitrogen and oxygen atoms in total. The van der Waals surface area contributed by atoms with Crippen molar-refractivity contribution in [3.8, 4) is 5.75 Å². The van der Waals surface area contributed by atoms with Gasteiger partial charge in [-0.05, 0) is 24.8 Å². The molecule has 1 fully saturated rings. The molecule has 0 saturated heterocycles. The third-order valence-electron chi connectivity index (χ3n) is 2.60. The van der Waals surface area contributed by atoms with Crippen LogP contribution in [0.15, 0.2) is 12.1 Å². The number of halogens is 1. The van der Waals surface area contributed by atoms with Gasteiger partial charge in [-0.1, -0.05) is 0 Å². The van der Waals surface area contributed by atoms with Crippen LogP contribution in [-0.2, 0) is 0 Å². The van der Waals surface area contributed by atoms with E-state index in [1.807, 2.05) is 0 Å². The summed E-state index contributed by atoms with van der Waals surface area (Å²) in [6.45, 7) is 0. The van der Waals surface area contributed by atoms with Crippen LogP contribution in [0.4, 0.5) is 10.1 Å². The quantitative estimate of drug-likeness (QED) is 0.496. The van der Waals surface area contributed by atoms with Crippen LogP contribution in [0.1, 0.15) is 24.4 Å². The average Bonchev–Trinajstić information content (AvgIpc) is 2.93. The van der Waals surface area contributed by atoms with Crippen LogP contribution < -0.4 is 11.5 Å². The van der Waals surface area contributed by atoms with E-state index < -0.39 is 5.82 Å². The molecule has 0 unspecified atom stereocenters. The molecule has 1 aromatic carbocycles. The van der Waals surface area contributed by atoms with Gasteiger partial charge in [0.25, 0.3) is 0 Å². The van der Waals surface area contributed by atoms with Gasteiger partial charge in [0.05, 0.1) is 0 Å². The van der Waals surface area contributed by atoms with Crippen LogP contribution in [0.5, 0.6) is 5.75 Å². The second kappa shape index (κ2) is 3.13. The number of hydrogen-bond donors (Lipinski definition) is 3. The number of rotatable bonds is 2. The lowest BCUT2D eigenvalue weighted by molar-refractivity contribution is 0.417. The Morgan fingerprint density at radius 1 is 1.43 bits per heavy atom. The first kappa shape index (κ1) is 9.27. The summed E-state index contributed by atoms with van der Waals surface area (Å²) in [5, 5.41) is 9.46. The molecule has 1 atom stereocenters. The molecular weight excluding hydrogens is 183 g/mol. The summed E-state index contributed by atoms with van der Waals surface area (Å²) in [7, 11) is 0. The van der Waals surface area contributed by atoms with Gasteiger partial charge in [0, 0.05) is 23.4 Å². The van der Waals surface area contributed by atoms with Gasteiger partial charge in [0.2, 0.25) is 0 Å². The molecule has 2 rings (SSSR count). The summed E-state index contributed by atoms with van der Waals surface area (Å²) < 4.78 is 13.1. The number of aromatic hydroxyl groups is 1. The van der Waals surface area contributed by atoms with Crippen LogP contribution in [0.2, 0.25) is 0 Å². The predicted octanol–water partition coefficient (Wildman–Crippen LogP) is 1.52. The fourth-order valence-electron chi connectivity index (χ4n) is 1.61. The van der Waals surface area contributed by atoms with Gasteiger partial charge in [-0.15, -0.1) is 0 Å². The number of nitrogen functional groups attached to an aromatic ring is 1. The molecule has 1 aliphatic carbocycles. The molecule has 0 radical (unpaired) electrons. The van der Waals surface area contributed by atoms with E-state index in [-0.39, 0.29) is 11.8 Å². The van der Waals surface area contributed by atoms with Gasteiger partial charge < -0.3 is 16.6 Å². The van der Waals surface area contributed by atoms with E-state index in [4.69, 9.17) is 11.5 Å². The van der Waals surface area contributed by atoms with Gasteiger partial charge >= 0.3 is 0 Å². The van der Waals surface area contributed by atoms with Crippen LogP contribution in [0.25, 0.3) is 0 Å². The molecule has 0 spiro atoms. The molecule has 1 aliphatic rings. The first-order chi connectivity index (χ1) is 6.59. The number of phenolic OH excluding ortho intramolecular Hbond substituents is 1. The summed E-state index contributed by atoms with van der Waals surface area (Å²) in [6, 6.07) is 2.34. The maximum absolute atomic E-state index is 13.1. The number of benzene rings is 1. The first-order valence-corrected chi connectivity index (χ1v) is 4.63. The third-order valence-corrected chi connectivity index (χ3v) is 2.60. The lowest BCUT2D eigenvalue weighted by Gasteiger charge is -2.13. The topological polar surface area (TPSA) is 72.3 Å². The Balaban J connectivity index is 2.39. The highest BCUT2D eigenvalue weighted by atomic mass is 19.1. The van der Waals surface area contributed by atoms with Gasteiger partial charge in [0.1, 0.15) is 0 Å². The molecule has 1 aromatic rings. The Hall–Kier alpha value is -1.29. The molecule has 5 N–H and O–H groups in total. The minimum atomic E-state index is -0.698. The highest BCUT2D eigenvalue weighted by molar-refractivity contribution is 5.49. The fourth-order valence-corrected chi connectivity index (χ4v) is 1.61. The maximum Gasteiger partial charge on any atom is 0.167 e. The van der Waals surface area contributed by atoms with E-state index in [1.165, 1.54) is 0 Å². The van der Waals surface area contributed by atoms with E-state index in [9.17, 15) is 9.50 Å². The molecule has 14 heavy (non-hydrogen) atoms. The number of hydrogen-bond acceptors (Lipinski definition) is 3. The Bertz CT molecular complexity index is 363. The molecule has 0 bridgehead atoms. The van der Waals surface area contributed by atoms with Crippen molar-refractivity contribution >= 4 is 5.69 Å². The highest BCUT2D eigenvalue weighted by Crippen LogP contribution is 2.42. The monoisotopic (exact) mass is 196 g/mol. The SMILES string of the molecule is Nc1cc(F)c(O)c([C@H](N)C2CC2)c1. The first-order valence-electron chi connectivity index (χ1n) is 4.63. The molecule has 0 amide bonds. The molecule has 0 aliphatic heterocycles. The van der Waals surface area contributed by atoms with E-state index in [2.05, 4.69) is 0 Å². The van der Waals surface area contributed by atoms with Crippen molar-refractivity contribution in [2.24, 2.45) is 11.7 Å². The second-order valence-corrected chi connectivity index (χ2v) is 3.80. The molecular formula is C10H13FN2O. The van der Waals surface area contributed by atoms with E-state index in [0.717, 1.165) is 18.9 Å². The Kier molecular flexibility index (Phi) is 2.07. The van der Waals surface area contributed by atoms with E-state index >= 15 is 0 Å². The van der Waals surface area contributed by atoms with Crippen LogP contribution in [0, 0.1) is 11.7 Å². The Morgan fingerprint density at radius 2 is 2.07 bits per heavy atom. The number of anilines is 1. The fraction of sp³-hybridized carbons (Fsp3) is 0.400. The second-order valence-electron chi connectivity index (χ2n) is 3.80. The smallest absolute Gasteiger partial charge is 0.167 e. The minimum Gasteiger partial charge on any atom is -0.505 e. The van der Waals surface area contributed by atoms with Gasteiger partial charge in [0.15, 0.2) is 11.6 Å². The molecule has 4 heteroatoms.